The first kappa shape index (κ1) is 14.6. The van der Waals surface area contributed by atoms with Crippen LogP contribution in [-0.2, 0) is 9.84 Å². The molecule has 1 heterocycles. The van der Waals surface area contributed by atoms with Gasteiger partial charge in [0.15, 0.2) is 0 Å². The smallest absolute Gasteiger partial charge is 0.324 e. The number of nitrogen functional groups attached to an aromatic ring is 1. The van der Waals surface area contributed by atoms with E-state index < -0.39 is 9.84 Å². The van der Waals surface area contributed by atoms with Gasteiger partial charge in [-0.2, -0.15) is 0 Å². The monoisotopic (exact) mass is 297 g/mol. The fraction of sp³-hybridized carbons (Fsp3) is 0.462. The van der Waals surface area contributed by atoms with Crippen molar-refractivity contribution in [3.8, 4) is 0 Å². The van der Waals surface area contributed by atoms with E-state index >= 15 is 0 Å². The van der Waals surface area contributed by atoms with Gasteiger partial charge in [-0.25, -0.2) is 13.2 Å². The van der Waals surface area contributed by atoms with Crippen molar-refractivity contribution in [1.82, 2.24) is 4.90 Å². The van der Waals surface area contributed by atoms with Crippen molar-refractivity contribution < 1.29 is 13.2 Å². The lowest BCUT2D eigenvalue weighted by atomic mass is 10.2. The zero-order valence-corrected chi connectivity index (χ0v) is 12.3. The minimum Gasteiger partial charge on any atom is -0.399 e. The fourth-order valence-corrected chi connectivity index (χ4v) is 2.86. The number of amides is 2. The predicted octanol–water partition coefficient (Wildman–Crippen LogP) is 0.946. The summed E-state index contributed by atoms with van der Waals surface area (Å²) in [5.41, 5.74) is 7.10. The van der Waals surface area contributed by atoms with Crippen LogP contribution in [0.2, 0.25) is 0 Å². The van der Waals surface area contributed by atoms with Gasteiger partial charge in [0.25, 0.3) is 0 Å². The van der Waals surface area contributed by atoms with E-state index in [1.807, 2.05) is 12.1 Å². The SMILES string of the molecule is CS(=O)(=O)CCCN1CCN(c2ccc(N)cc2)C1=O. The van der Waals surface area contributed by atoms with Gasteiger partial charge in [-0.3, -0.25) is 4.90 Å². The van der Waals surface area contributed by atoms with E-state index in [1.54, 1.807) is 21.9 Å². The largest absolute Gasteiger partial charge is 0.399 e. The van der Waals surface area contributed by atoms with Crippen LogP contribution in [-0.4, -0.2) is 51.0 Å². The maximum Gasteiger partial charge on any atom is 0.324 e. The number of sulfone groups is 1. The van der Waals surface area contributed by atoms with Crippen LogP contribution in [0.25, 0.3) is 0 Å². The maximum atomic E-state index is 12.2. The summed E-state index contributed by atoms with van der Waals surface area (Å²) in [6.45, 7) is 1.70. The zero-order chi connectivity index (χ0) is 14.8. The van der Waals surface area contributed by atoms with Crippen LogP contribution in [0.3, 0.4) is 0 Å². The van der Waals surface area contributed by atoms with Crippen LogP contribution < -0.4 is 10.6 Å². The molecular formula is C13H19N3O3S. The molecule has 7 heteroatoms. The summed E-state index contributed by atoms with van der Waals surface area (Å²) in [5.74, 6) is 0.110. The first-order valence-corrected chi connectivity index (χ1v) is 8.52. The van der Waals surface area contributed by atoms with E-state index in [9.17, 15) is 13.2 Å². The minimum absolute atomic E-state index is 0.0803. The molecule has 0 spiro atoms. The Kier molecular flexibility index (Phi) is 4.17. The lowest BCUT2D eigenvalue weighted by Gasteiger charge is -2.18. The number of rotatable bonds is 5. The summed E-state index contributed by atoms with van der Waals surface area (Å²) in [6, 6.07) is 7.06. The predicted molar refractivity (Wildman–Crippen MR) is 79.5 cm³/mol. The maximum absolute atomic E-state index is 12.2. The quantitative estimate of drug-likeness (QED) is 0.820. The Balaban J connectivity index is 1.94. The van der Waals surface area contributed by atoms with Crippen LogP contribution >= 0.6 is 0 Å². The first-order chi connectivity index (χ1) is 9.37. The van der Waals surface area contributed by atoms with E-state index in [-0.39, 0.29) is 11.8 Å². The van der Waals surface area contributed by atoms with E-state index in [0.717, 1.165) is 5.69 Å². The number of nitrogens with zero attached hydrogens (tertiary/aromatic N) is 2. The van der Waals surface area contributed by atoms with Crippen molar-refractivity contribution >= 4 is 27.2 Å². The Hall–Kier alpha value is -1.76. The van der Waals surface area contributed by atoms with Gasteiger partial charge in [0.2, 0.25) is 0 Å². The molecule has 0 aromatic heterocycles. The molecule has 1 aromatic carbocycles. The third-order valence-corrected chi connectivity index (χ3v) is 4.27. The number of hydrogen-bond donors (Lipinski definition) is 1. The molecule has 0 radical (unpaired) electrons. The third kappa shape index (κ3) is 3.63. The molecule has 20 heavy (non-hydrogen) atoms. The average molecular weight is 297 g/mol. The van der Waals surface area contributed by atoms with Crippen LogP contribution in [0.5, 0.6) is 0 Å². The van der Waals surface area contributed by atoms with Crippen molar-refractivity contribution in [3.63, 3.8) is 0 Å². The van der Waals surface area contributed by atoms with Gasteiger partial charge in [0.1, 0.15) is 9.84 Å². The number of hydrogen-bond acceptors (Lipinski definition) is 4. The van der Waals surface area contributed by atoms with Crippen LogP contribution in [0.4, 0.5) is 16.2 Å². The standard InChI is InChI=1S/C13H19N3O3S/c1-20(18,19)10-2-7-15-8-9-16(13(15)17)12-5-3-11(14)4-6-12/h3-6H,2,7-10,14H2,1H3. The summed E-state index contributed by atoms with van der Waals surface area (Å²) in [4.78, 5) is 15.6. The van der Waals surface area contributed by atoms with Gasteiger partial charge in [-0.1, -0.05) is 0 Å². The number of carbonyl (C=O) groups excluding carboxylic acids is 1. The van der Waals surface area contributed by atoms with Gasteiger partial charge in [0.05, 0.1) is 5.75 Å². The van der Waals surface area contributed by atoms with E-state index in [0.29, 0.717) is 31.7 Å². The summed E-state index contributed by atoms with van der Waals surface area (Å²) in [6.07, 6.45) is 1.68. The highest BCUT2D eigenvalue weighted by molar-refractivity contribution is 7.90. The highest BCUT2D eigenvalue weighted by Gasteiger charge is 2.29. The number of benzene rings is 1. The van der Waals surface area contributed by atoms with Crippen molar-refractivity contribution in [1.29, 1.82) is 0 Å². The van der Waals surface area contributed by atoms with Crippen LogP contribution in [0.15, 0.2) is 24.3 Å². The molecule has 2 amide bonds. The minimum atomic E-state index is -2.97. The number of anilines is 2. The van der Waals surface area contributed by atoms with Crippen molar-refractivity contribution in [2.45, 2.75) is 6.42 Å². The highest BCUT2D eigenvalue weighted by Crippen LogP contribution is 2.21. The number of nitrogens with two attached hydrogens (primary N) is 1. The summed E-state index contributed by atoms with van der Waals surface area (Å²) in [5, 5.41) is 0. The van der Waals surface area contributed by atoms with Crippen molar-refractivity contribution in [2.24, 2.45) is 0 Å². The molecule has 0 atom stereocenters. The lowest BCUT2D eigenvalue weighted by molar-refractivity contribution is 0.221. The molecule has 0 unspecified atom stereocenters. The lowest BCUT2D eigenvalue weighted by Crippen LogP contribution is -2.33. The molecule has 2 rings (SSSR count). The molecule has 1 saturated heterocycles. The zero-order valence-electron chi connectivity index (χ0n) is 11.4. The summed E-state index contributed by atoms with van der Waals surface area (Å²) < 4.78 is 22.2. The number of carbonyl (C=O) groups is 1. The van der Waals surface area contributed by atoms with E-state index in [1.165, 1.54) is 6.26 Å². The normalized spacial score (nSPS) is 15.9. The molecular weight excluding hydrogens is 278 g/mol. The van der Waals surface area contributed by atoms with Crippen LogP contribution in [0.1, 0.15) is 6.42 Å². The van der Waals surface area contributed by atoms with Gasteiger partial charge in [0, 0.05) is 37.3 Å². The molecule has 0 saturated carbocycles. The fourth-order valence-electron chi connectivity index (χ4n) is 2.20. The Morgan fingerprint density at radius 2 is 1.85 bits per heavy atom. The van der Waals surface area contributed by atoms with Crippen molar-refractivity contribution in [2.75, 3.05) is 42.3 Å². The van der Waals surface area contributed by atoms with Crippen molar-refractivity contribution in [3.05, 3.63) is 24.3 Å². The van der Waals surface area contributed by atoms with Gasteiger partial charge >= 0.3 is 6.03 Å². The number of urea groups is 1. The van der Waals surface area contributed by atoms with E-state index in [4.69, 9.17) is 5.73 Å². The third-order valence-electron chi connectivity index (χ3n) is 3.24. The molecule has 1 aliphatic heterocycles. The van der Waals surface area contributed by atoms with Gasteiger partial charge in [-0.05, 0) is 30.7 Å². The second kappa shape index (κ2) is 5.70. The molecule has 0 bridgehead atoms. The van der Waals surface area contributed by atoms with Gasteiger partial charge < -0.3 is 10.6 Å². The average Bonchev–Trinajstić information content (AvgIpc) is 2.71. The molecule has 1 fully saturated rings. The highest BCUT2D eigenvalue weighted by atomic mass is 32.2. The Bertz CT molecular complexity index is 583. The molecule has 0 aliphatic carbocycles. The summed E-state index contributed by atoms with van der Waals surface area (Å²) in [7, 11) is -2.97. The molecule has 6 nitrogen and oxygen atoms in total. The molecule has 1 aliphatic rings. The van der Waals surface area contributed by atoms with Gasteiger partial charge in [-0.15, -0.1) is 0 Å². The Labute approximate surface area is 119 Å². The summed E-state index contributed by atoms with van der Waals surface area (Å²) >= 11 is 0. The topological polar surface area (TPSA) is 83.7 Å². The second-order valence-corrected chi connectivity index (χ2v) is 7.26. The Morgan fingerprint density at radius 3 is 2.45 bits per heavy atom. The first-order valence-electron chi connectivity index (χ1n) is 6.46. The molecule has 2 N–H and O–H groups in total. The second-order valence-electron chi connectivity index (χ2n) is 5.00. The molecule has 110 valence electrons. The van der Waals surface area contributed by atoms with E-state index in [2.05, 4.69) is 0 Å². The Morgan fingerprint density at radius 1 is 1.20 bits per heavy atom. The molecule has 1 aromatic rings. The van der Waals surface area contributed by atoms with Crippen LogP contribution in [0, 0.1) is 0 Å².